The number of hydrogen-bond acceptors (Lipinski definition) is 6. The van der Waals surface area contributed by atoms with Gasteiger partial charge in [-0.05, 0) is 56.3 Å². The molecule has 8 nitrogen and oxygen atoms in total. The summed E-state index contributed by atoms with van der Waals surface area (Å²) in [6.45, 7) is 6.17. The number of rotatable bonds is 3. The highest BCUT2D eigenvalue weighted by Gasteiger charge is 2.33. The maximum absolute atomic E-state index is 13.0. The summed E-state index contributed by atoms with van der Waals surface area (Å²) in [4.78, 5) is 34.2. The molecule has 3 heterocycles. The summed E-state index contributed by atoms with van der Waals surface area (Å²) >= 11 is 0. The van der Waals surface area contributed by atoms with E-state index in [2.05, 4.69) is 35.0 Å². The van der Waals surface area contributed by atoms with Gasteiger partial charge in [0.2, 0.25) is 0 Å². The summed E-state index contributed by atoms with van der Waals surface area (Å²) in [5.41, 5.74) is 2.72. The first-order valence-electron chi connectivity index (χ1n) is 10.2. The minimum Gasteiger partial charge on any atom is -0.336 e. The van der Waals surface area contributed by atoms with E-state index in [0.29, 0.717) is 36.1 Å². The van der Waals surface area contributed by atoms with Gasteiger partial charge in [0.15, 0.2) is 5.82 Å². The second-order valence-electron chi connectivity index (χ2n) is 8.06. The summed E-state index contributed by atoms with van der Waals surface area (Å²) in [5.74, 6) is -0.422. The second-order valence-corrected chi connectivity index (χ2v) is 8.06. The van der Waals surface area contributed by atoms with E-state index >= 15 is 0 Å². The number of pyridine rings is 1. The predicted molar refractivity (Wildman–Crippen MR) is 117 cm³/mol. The molecule has 1 fully saturated rings. The fourth-order valence-electron chi connectivity index (χ4n) is 3.92. The van der Waals surface area contributed by atoms with Crippen LogP contribution in [0.25, 0.3) is 0 Å². The van der Waals surface area contributed by atoms with Crippen molar-refractivity contribution >= 4 is 23.8 Å². The van der Waals surface area contributed by atoms with Crippen LogP contribution in [0, 0.1) is 18.3 Å². The molecule has 1 saturated heterocycles. The van der Waals surface area contributed by atoms with Crippen LogP contribution in [-0.2, 0) is 4.79 Å². The van der Waals surface area contributed by atoms with E-state index in [1.165, 1.54) is 11.2 Å². The average Bonchev–Trinajstić information content (AvgIpc) is 3.16. The van der Waals surface area contributed by atoms with E-state index in [0.717, 1.165) is 17.7 Å². The number of nitriles is 1. The van der Waals surface area contributed by atoms with Gasteiger partial charge in [-0.1, -0.05) is 6.07 Å². The Hall–Kier alpha value is -3.57. The minimum atomic E-state index is -0.525. The van der Waals surface area contributed by atoms with Crippen molar-refractivity contribution in [1.82, 2.24) is 14.8 Å². The SMILES string of the molecule is Cc1cc(C#N)ccc1C1C=NN(c2ccc(C(=O)N3CCN(C)[C@@H](C)C3)cn2)C1=O. The van der Waals surface area contributed by atoms with Crippen LogP contribution in [0.15, 0.2) is 41.6 Å². The Kier molecular flexibility index (Phi) is 5.53. The van der Waals surface area contributed by atoms with Crippen LogP contribution in [0.5, 0.6) is 0 Å². The fraction of sp³-hybridized carbons (Fsp3) is 0.348. The molecule has 1 aromatic heterocycles. The molecule has 158 valence electrons. The third-order valence-corrected chi connectivity index (χ3v) is 6.00. The summed E-state index contributed by atoms with van der Waals surface area (Å²) < 4.78 is 0. The Labute approximate surface area is 181 Å². The van der Waals surface area contributed by atoms with Gasteiger partial charge in [0.1, 0.15) is 5.92 Å². The summed E-state index contributed by atoms with van der Waals surface area (Å²) in [7, 11) is 2.06. The zero-order valence-electron chi connectivity index (χ0n) is 17.8. The molecule has 31 heavy (non-hydrogen) atoms. The van der Waals surface area contributed by atoms with Crippen molar-refractivity contribution < 1.29 is 9.59 Å². The summed E-state index contributed by atoms with van der Waals surface area (Å²) in [6.07, 6.45) is 3.09. The number of carbonyl (C=O) groups is 2. The van der Waals surface area contributed by atoms with Crippen LogP contribution in [0.2, 0.25) is 0 Å². The molecule has 2 atom stereocenters. The number of piperazine rings is 1. The monoisotopic (exact) mass is 416 g/mol. The molecule has 2 amide bonds. The van der Waals surface area contributed by atoms with Crippen molar-refractivity contribution in [3.8, 4) is 6.07 Å². The van der Waals surface area contributed by atoms with E-state index in [4.69, 9.17) is 5.26 Å². The fourth-order valence-corrected chi connectivity index (χ4v) is 3.92. The number of likely N-dealkylation sites (N-methyl/N-ethyl adjacent to an activating group) is 1. The van der Waals surface area contributed by atoms with Gasteiger partial charge in [0.25, 0.3) is 11.8 Å². The molecule has 0 bridgehead atoms. The highest BCUT2D eigenvalue weighted by Crippen LogP contribution is 2.28. The maximum atomic E-state index is 13.0. The van der Waals surface area contributed by atoms with E-state index in [9.17, 15) is 9.59 Å². The van der Waals surface area contributed by atoms with E-state index in [-0.39, 0.29) is 11.8 Å². The quantitative estimate of drug-likeness (QED) is 0.764. The number of aryl methyl sites for hydroxylation is 1. The molecular weight excluding hydrogens is 392 g/mol. The predicted octanol–water partition coefficient (Wildman–Crippen LogP) is 2.15. The highest BCUT2D eigenvalue weighted by molar-refractivity contribution is 6.12. The summed E-state index contributed by atoms with van der Waals surface area (Å²) in [6, 6.07) is 11.0. The first-order chi connectivity index (χ1) is 14.9. The molecule has 0 aliphatic carbocycles. The standard InChI is InChI=1S/C23H24N6O2/c1-15-10-17(11-24)4-6-19(15)20-13-26-29(23(20)31)21-7-5-18(12-25-21)22(30)28-9-8-27(3)16(2)14-28/h4-7,10,12-13,16,20H,8-9,14H2,1-3H3/t16-,20?/m0/s1. The molecule has 8 heteroatoms. The molecule has 2 aliphatic heterocycles. The molecule has 4 rings (SSSR count). The Bertz CT molecular complexity index is 1090. The zero-order valence-corrected chi connectivity index (χ0v) is 17.8. The van der Waals surface area contributed by atoms with Gasteiger partial charge < -0.3 is 9.80 Å². The number of aromatic nitrogens is 1. The van der Waals surface area contributed by atoms with Crippen LogP contribution in [-0.4, -0.2) is 65.5 Å². The first-order valence-corrected chi connectivity index (χ1v) is 10.2. The third kappa shape index (κ3) is 3.92. The number of anilines is 1. The van der Waals surface area contributed by atoms with Crippen molar-refractivity contribution in [2.45, 2.75) is 25.8 Å². The molecule has 0 radical (unpaired) electrons. The Morgan fingerprint density at radius 1 is 1.23 bits per heavy atom. The van der Waals surface area contributed by atoms with Crippen LogP contribution in [0.3, 0.4) is 0 Å². The van der Waals surface area contributed by atoms with Gasteiger partial charge in [0, 0.05) is 38.1 Å². The lowest BCUT2D eigenvalue weighted by Crippen LogP contribution is -2.52. The van der Waals surface area contributed by atoms with Crippen molar-refractivity contribution in [3.05, 3.63) is 58.8 Å². The smallest absolute Gasteiger partial charge is 0.261 e. The molecular formula is C23H24N6O2. The van der Waals surface area contributed by atoms with Crippen molar-refractivity contribution in [1.29, 1.82) is 5.26 Å². The van der Waals surface area contributed by atoms with Crippen molar-refractivity contribution in [3.63, 3.8) is 0 Å². The van der Waals surface area contributed by atoms with Gasteiger partial charge in [0.05, 0.1) is 17.2 Å². The van der Waals surface area contributed by atoms with Crippen LogP contribution >= 0.6 is 0 Å². The van der Waals surface area contributed by atoms with E-state index < -0.39 is 5.92 Å². The molecule has 1 unspecified atom stereocenters. The normalized spacial score (nSPS) is 21.4. The number of hydrogen-bond donors (Lipinski definition) is 0. The molecule has 2 aromatic rings. The number of amides is 2. The number of carbonyl (C=O) groups excluding carboxylic acids is 2. The Morgan fingerprint density at radius 2 is 2.03 bits per heavy atom. The molecule has 0 N–H and O–H groups in total. The van der Waals surface area contributed by atoms with Gasteiger partial charge in [-0.2, -0.15) is 15.4 Å². The topological polar surface area (TPSA) is 92.9 Å². The second kappa shape index (κ2) is 8.28. The zero-order chi connectivity index (χ0) is 22.1. The van der Waals surface area contributed by atoms with Gasteiger partial charge in [-0.3, -0.25) is 9.59 Å². The molecule has 0 spiro atoms. The summed E-state index contributed by atoms with van der Waals surface area (Å²) in [5, 5.41) is 14.5. The third-order valence-electron chi connectivity index (χ3n) is 6.00. The van der Waals surface area contributed by atoms with Crippen LogP contribution < -0.4 is 5.01 Å². The average molecular weight is 416 g/mol. The lowest BCUT2D eigenvalue weighted by Gasteiger charge is -2.37. The van der Waals surface area contributed by atoms with E-state index in [1.807, 2.05) is 11.8 Å². The molecule has 2 aliphatic rings. The van der Waals surface area contributed by atoms with Crippen molar-refractivity contribution in [2.75, 3.05) is 31.7 Å². The number of hydrazone groups is 1. The Morgan fingerprint density at radius 3 is 2.68 bits per heavy atom. The van der Waals surface area contributed by atoms with E-state index in [1.54, 1.807) is 36.5 Å². The number of nitrogens with zero attached hydrogens (tertiary/aromatic N) is 6. The molecule has 0 saturated carbocycles. The molecule has 1 aromatic carbocycles. The van der Waals surface area contributed by atoms with Gasteiger partial charge in [-0.15, -0.1) is 0 Å². The van der Waals surface area contributed by atoms with Gasteiger partial charge in [-0.25, -0.2) is 4.98 Å². The lowest BCUT2D eigenvalue weighted by molar-refractivity contribution is -0.118. The number of benzene rings is 1. The first kappa shape index (κ1) is 20.7. The Balaban J connectivity index is 1.48. The lowest BCUT2D eigenvalue weighted by atomic mass is 9.94. The van der Waals surface area contributed by atoms with Crippen molar-refractivity contribution in [2.24, 2.45) is 5.10 Å². The largest absolute Gasteiger partial charge is 0.336 e. The van der Waals surface area contributed by atoms with Gasteiger partial charge >= 0.3 is 0 Å². The van der Waals surface area contributed by atoms with Crippen LogP contribution in [0.1, 0.15) is 39.9 Å². The van der Waals surface area contributed by atoms with Crippen LogP contribution in [0.4, 0.5) is 5.82 Å². The minimum absolute atomic E-state index is 0.0543. The maximum Gasteiger partial charge on any atom is 0.261 e. The highest BCUT2D eigenvalue weighted by atomic mass is 16.2.